The lowest BCUT2D eigenvalue weighted by Crippen LogP contribution is -2.21. The zero-order valence-electron chi connectivity index (χ0n) is 8.99. The molecule has 0 aliphatic heterocycles. The van der Waals surface area contributed by atoms with Gasteiger partial charge in [0, 0.05) is 17.0 Å². The normalized spacial score (nSPS) is 27.6. The van der Waals surface area contributed by atoms with Gasteiger partial charge in [0.25, 0.3) is 0 Å². The number of hydrogen-bond acceptors (Lipinski definition) is 2. The standard InChI is InChI=1S/C12H19NS/c1-3-5-10-8-11(10)13-9(2)12-6-4-7-14-12/h4,6-7,9-11,13H,3,5,8H2,1-2H3. The monoisotopic (exact) mass is 209 g/mol. The van der Waals surface area contributed by atoms with Crippen LogP contribution in [0.15, 0.2) is 17.5 Å². The van der Waals surface area contributed by atoms with Gasteiger partial charge in [0.1, 0.15) is 0 Å². The number of thiophene rings is 1. The van der Waals surface area contributed by atoms with Crippen LogP contribution in [0.2, 0.25) is 0 Å². The molecule has 2 rings (SSSR count). The highest BCUT2D eigenvalue weighted by Gasteiger charge is 2.36. The predicted molar refractivity (Wildman–Crippen MR) is 62.7 cm³/mol. The minimum atomic E-state index is 0.543. The van der Waals surface area contributed by atoms with Gasteiger partial charge in [-0.25, -0.2) is 0 Å². The summed E-state index contributed by atoms with van der Waals surface area (Å²) in [4.78, 5) is 1.46. The van der Waals surface area contributed by atoms with Crippen LogP contribution in [0, 0.1) is 5.92 Å². The fourth-order valence-corrected chi connectivity index (χ4v) is 2.83. The third-order valence-electron chi connectivity index (χ3n) is 3.02. The van der Waals surface area contributed by atoms with Crippen LogP contribution in [0.1, 0.15) is 44.0 Å². The van der Waals surface area contributed by atoms with Gasteiger partial charge in [0.05, 0.1) is 0 Å². The molecule has 0 aromatic carbocycles. The molecule has 1 saturated carbocycles. The van der Waals surface area contributed by atoms with Crippen LogP contribution in [0.25, 0.3) is 0 Å². The second-order valence-corrected chi connectivity index (χ2v) is 5.27. The molecule has 14 heavy (non-hydrogen) atoms. The lowest BCUT2D eigenvalue weighted by molar-refractivity contribution is 0.535. The summed E-state index contributed by atoms with van der Waals surface area (Å²) >= 11 is 1.85. The molecule has 78 valence electrons. The Morgan fingerprint density at radius 1 is 1.64 bits per heavy atom. The summed E-state index contributed by atoms with van der Waals surface area (Å²) in [5.41, 5.74) is 0. The first kappa shape index (κ1) is 10.2. The van der Waals surface area contributed by atoms with Crippen LogP contribution in [0.3, 0.4) is 0 Å². The largest absolute Gasteiger partial charge is 0.306 e. The molecule has 0 saturated heterocycles. The molecule has 1 aromatic rings. The highest BCUT2D eigenvalue weighted by molar-refractivity contribution is 7.10. The molecule has 3 unspecified atom stereocenters. The number of rotatable bonds is 5. The van der Waals surface area contributed by atoms with Crippen molar-refractivity contribution in [2.75, 3.05) is 0 Å². The smallest absolute Gasteiger partial charge is 0.0388 e. The Kier molecular flexibility index (Phi) is 3.24. The van der Waals surface area contributed by atoms with E-state index < -0.39 is 0 Å². The Balaban J connectivity index is 1.77. The Hall–Kier alpha value is -0.340. The topological polar surface area (TPSA) is 12.0 Å². The van der Waals surface area contributed by atoms with Crippen molar-refractivity contribution >= 4 is 11.3 Å². The molecule has 0 bridgehead atoms. The van der Waals surface area contributed by atoms with Crippen LogP contribution in [-0.2, 0) is 0 Å². The van der Waals surface area contributed by atoms with Crippen molar-refractivity contribution in [1.29, 1.82) is 0 Å². The van der Waals surface area contributed by atoms with Crippen molar-refractivity contribution in [3.05, 3.63) is 22.4 Å². The SMILES string of the molecule is CCCC1CC1NC(C)c1cccs1. The molecule has 0 spiro atoms. The summed E-state index contributed by atoms with van der Waals surface area (Å²) in [7, 11) is 0. The van der Waals surface area contributed by atoms with Crippen LogP contribution >= 0.6 is 11.3 Å². The van der Waals surface area contributed by atoms with Gasteiger partial charge in [-0.3, -0.25) is 0 Å². The quantitative estimate of drug-likeness (QED) is 0.781. The average molecular weight is 209 g/mol. The summed E-state index contributed by atoms with van der Waals surface area (Å²) in [6.45, 7) is 4.55. The first-order chi connectivity index (χ1) is 6.81. The summed E-state index contributed by atoms with van der Waals surface area (Å²) in [6.07, 6.45) is 4.12. The van der Waals surface area contributed by atoms with E-state index in [1.807, 2.05) is 11.3 Å². The average Bonchev–Trinajstić information content (AvgIpc) is 2.71. The predicted octanol–water partition coefficient (Wildman–Crippen LogP) is 3.59. The van der Waals surface area contributed by atoms with Crippen LogP contribution in [-0.4, -0.2) is 6.04 Å². The van der Waals surface area contributed by atoms with E-state index in [1.165, 1.54) is 24.1 Å². The third-order valence-corrected chi connectivity index (χ3v) is 4.07. The minimum Gasteiger partial charge on any atom is -0.306 e. The summed E-state index contributed by atoms with van der Waals surface area (Å²) in [6, 6.07) is 5.70. The fraction of sp³-hybridized carbons (Fsp3) is 0.667. The van der Waals surface area contributed by atoms with E-state index in [0.717, 1.165) is 12.0 Å². The van der Waals surface area contributed by atoms with Crippen molar-refractivity contribution in [1.82, 2.24) is 5.32 Å². The van der Waals surface area contributed by atoms with Gasteiger partial charge in [-0.15, -0.1) is 11.3 Å². The highest BCUT2D eigenvalue weighted by Crippen LogP contribution is 2.36. The maximum Gasteiger partial charge on any atom is 0.0388 e. The van der Waals surface area contributed by atoms with E-state index in [2.05, 4.69) is 36.7 Å². The zero-order chi connectivity index (χ0) is 9.97. The molecule has 1 aliphatic carbocycles. The Morgan fingerprint density at radius 3 is 3.14 bits per heavy atom. The third kappa shape index (κ3) is 2.37. The van der Waals surface area contributed by atoms with E-state index in [0.29, 0.717) is 6.04 Å². The molecule has 3 atom stereocenters. The van der Waals surface area contributed by atoms with E-state index in [9.17, 15) is 0 Å². The molecule has 1 N–H and O–H groups in total. The van der Waals surface area contributed by atoms with Gasteiger partial charge in [0.15, 0.2) is 0 Å². The highest BCUT2D eigenvalue weighted by atomic mass is 32.1. The molecule has 1 aromatic heterocycles. The molecule has 2 heteroatoms. The van der Waals surface area contributed by atoms with Crippen molar-refractivity contribution in [2.45, 2.75) is 45.2 Å². The number of hydrogen-bond donors (Lipinski definition) is 1. The summed E-state index contributed by atoms with van der Waals surface area (Å²) in [5, 5.41) is 5.86. The minimum absolute atomic E-state index is 0.543. The van der Waals surface area contributed by atoms with Gasteiger partial charge in [-0.1, -0.05) is 19.4 Å². The fourth-order valence-electron chi connectivity index (χ4n) is 2.08. The first-order valence-corrected chi connectivity index (χ1v) is 6.48. The summed E-state index contributed by atoms with van der Waals surface area (Å²) in [5.74, 6) is 0.961. The van der Waals surface area contributed by atoms with Crippen molar-refractivity contribution in [3.8, 4) is 0 Å². The van der Waals surface area contributed by atoms with Crippen molar-refractivity contribution < 1.29 is 0 Å². The molecule has 1 heterocycles. The van der Waals surface area contributed by atoms with Crippen LogP contribution in [0.4, 0.5) is 0 Å². The second kappa shape index (κ2) is 4.45. The Bertz CT molecular complexity index is 268. The van der Waals surface area contributed by atoms with Gasteiger partial charge >= 0.3 is 0 Å². The maximum absolute atomic E-state index is 3.70. The summed E-state index contributed by atoms with van der Waals surface area (Å²) < 4.78 is 0. The van der Waals surface area contributed by atoms with Gasteiger partial charge < -0.3 is 5.32 Å². The number of nitrogens with one attached hydrogen (secondary N) is 1. The van der Waals surface area contributed by atoms with E-state index in [-0.39, 0.29) is 0 Å². The first-order valence-electron chi connectivity index (χ1n) is 5.60. The molecule has 0 amide bonds. The van der Waals surface area contributed by atoms with Crippen molar-refractivity contribution in [2.24, 2.45) is 5.92 Å². The Morgan fingerprint density at radius 2 is 2.50 bits per heavy atom. The van der Waals surface area contributed by atoms with Crippen LogP contribution in [0.5, 0.6) is 0 Å². The molecule has 1 aliphatic rings. The maximum atomic E-state index is 3.70. The Labute approximate surface area is 90.5 Å². The van der Waals surface area contributed by atoms with E-state index in [1.54, 1.807) is 0 Å². The second-order valence-electron chi connectivity index (χ2n) is 4.29. The van der Waals surface area contributed by atoms with Gasteiger partial charge in [-0.2, -0.15) is 0 Å². The molecule has 1 fully saturated rings. The van der Waals surface area contributed by atoms with Gasteiger partial charge in [0.2, 0.25) is 0 Å². The van der Waals surface area contributed by atoms with Crippen LogP contribution < -0.4 is 5.32 Å². The lowest BCUT2D eigenvalue weighted by atomic mass is 10.2. The van der Waals surface area contributed by atoms with E-state index in [4.69, 9.17) is 0 Å². The molecular formula is C12H19NS. The molecular weight excluding hydrogens is 190 g/mol. The molecule has 1 nitrogen and oxygen atoms in total. The van der Waals surface area contributed by atoms with Crippen molar-refractivity contribution in [3.63, 3.8) is 0 Å². The lowest BCUT2D eigenvalue weighted by Gasteiger charge is -2.11. The van der Waals surface area contributed by atoms with E-state index >= 15 is 0 Å². The zero-order valence-corrected chi connectivity index (χ0v) is 9.81. The van der Waals surface area contributed by atoms with Gasteiger partial charge in [-0.05, 0) is 37.1 Å². The molecule has 0 radical (unpaired) electrons.